The summed E-state index contributed by atoms with van der Waals surface area (Å²) in [5, 5.41) is 13.7. The molecule has 2 fully saturated rings. The van der Waals surface area contributed by atoms with E-state index in [1.54, 1.807) is 6.07 Å². The van der Waals surface area contributed by atoms with Crippen LogP contribution in [0.2, 0.25) is 0 Å². The molecule has 2 N–H and O–H groups in total. The summed E-state index contributed by atoms with van der Waals surface area (Å²) in [5.41, 5.74) is 0.899. The summed E-state index contributed by atoms with van der Waals surface area (Å²) in [7, 11) is 0. The molecule has 0 spiro atoms. The van der Waals surface area contributed by atoms with Crippen molar-refractivity contribution < 1.29 is 14.6 Å². The summed E-state index contributed by atoms with van der Waals surface area (Å²) in [6, 6.07) is 4.19. The van der Waals surface area contributed by atoms with Gasteiger partial charge >= 0.3 is 0 Å². The number of phenolic OH excluding ortho intramolecular Hbond substituents is 1. The van der Waals surface area contributed by atoms with Crippen molar-refractivity contribution in [2.24, 2.45) is 11.8 Å². The minimum Gasteiger partial charge on any atom is -0.507 e. The topological polar surface area (TPSA) is 50.7 Å². The number of nitrogens with one attached hydrogen (secondary N) is 1. The Labute approximate surface area is 112 Å². The molecule has 0 atom stereocenters. The molecule has 19 heavy (non-hydrogen) atoms. The van der Waals surface area contributed by atoms with E-state index in [1.807, 2.05) is 6.07 Å². The first-order valence-electron chi connectivity index (χ1n) is 7.16. The van der Waals surface area contributed by atoms with Crippen molar-refractivity contribution in [3.63, 3.8) is 0 Å². The lowest BCUT2D eigenvalue weighted by Gasteiger charge is -2.18. The van der Waals surface area contributed by atoms with Crippen LogP contribution >= 0.6 is 0 Å². The van der Waals surface area contributed by atoms with E-state index in [4.69, 9.17) is 9.47 Å². The molecule has 0 radical (unpaired) electrons. The van der Waals surface area contributed by atoms with Gasteiger partial charge < -0.3 is 19.9 Å². The molecule has 3 aliphatic rings. The van der Waals surface area contributed by atoms with E-state index >= 15 is 0 Å². The van der Waals surface area contributed by atoms with Crippen LogP contribution in [0.3, 0.4) is 0 Å². The molecular formula is C15H19NO3. The molecule has 1 aromatic carbocycles. The van der Waals surface area contributed by atoms with Gasteiger partial charge in [0.1, 0.15) is 5.75 Å². The molecule has 0 unspecified atom stereocenters. The van der Waals surface area contributed by atoms with Crippen molar-refractivity contribution in [3.05, 3.63) is 17.7 Å². The number of ether oxygens (including phenoxy) is 2. The highest BCUT2D eigenvalue weighted by atomic mass is 16.7. The third-order valence-corrected chi connectivity index (χ3v) is 4.36. The molecule has 2 saturated carbocycles. The molecule has 0 bridgehead atoms. The predicted molar refractivity (Wildman–Crippen MR) is 70.3 cm³/mol. The third kappa shape index (κ3) is 2.25. The number of aromatic hydroxyl groups is 1. The van der Waals surface area contributed by atoms with Crippen molar-refractivity contribution in [2.75, 3.05) is 6.79 Å². The second kappa shape index (κ2) is 4.30. The maximum absolute atomic E-state index is 10.0. The molecule has 1 aliphatic heterocycles. The van der Waals surface area contributed by atoms with E-state index in [2.05, 4.69) is 5.32 Å². The minimum atomic E-state index is 0.248. The number of benzene rings is 1. The van der Waals surface area contributed by atoms with E-state index < -0.39 is 0 Å². The summed E-state index contributed by atoms with van der Waals surface area (Å²) in [6.45, 7) is 0.957. The SMILES string of the molecule is Oc1cc2c(cc1CNC(C1CC1)C1CC1)OCO2. The zero-order chi connectivity index (χ0) is 12.8. The monoisotopic (exact) mass is 261 g/mol. The van der Waals surface area contributed by atoms with Crippen molar-refractivity contribution in [1.29, 1.82) is 0 Å². The van der Waals surface area contributed by atoms with Gasteiger partial charge in [0.2, 0.25) is 6.79 Å². The van der Waals surface area contributed by atoms with Crippen molar-refractivity contribution in [1.82, 2.24) is 5.32 Å². The number of hydrogen-bond acceptors (Lipinski definition) is 4. The highest BCUT2D eigenvalue weighted by Gasteiger charge is 2.41. The first-order chi connectivity index (χ1) is 9.31. The highest BCUT2D eigenvalue weighted by molar-refractivity contribution is 5.51. The Morgan fingerprint density at radius 1 is 1.11 bits per heavy atom. The second-order valence-electron chi connectivity index (χ2n) is 5.92. The van der Waals surface area contributed by atoms with E-state index in [0.29, 0.717) is 24.1 Å². The molecule has 4 rings (SSSR count). The Morgan fingerprint density at radius 3 is 2.37 bits per heavy atom. The van der Waals surface area contributed by atoms with E-state index in [0.717, 1.165) is 23.1 Å². The first-order valence-corrected chi connectivity index (χ1v) is 7.16. The summed E-state index contributed by atoms with van der Waals surface area (Å²) in [4.78, 5) is 0. The van der Waals surface area contributed by atoms with Crippen LogP contribution in [0.15, 0.2) is 12.1 Å². The molecule has 0 amide bonds. The molecule has 4 nitrogen and oxygen atoms in total. The predicted octanol–water partition coefficient (Wildman–Crippen LogP) is 2.40. The Hall–Kier alpha value is -1.42. The summed E-state index contributed by atoms with van der Waals surface area (Å²) < 4.78 is 10.6. The molecule has 1 heterocycles. The molecule has 4 heteroatoms. The van der Waals surface area contributed by atoms with Gasteiger partial charge in [-0.2, -0.15) is 0 Å². The van der Waals surface area contributed by atoms with Crippen LogP contribution in [-0.2, 0) is 6.54 Å². The Bertz CT molecular complexity index is 482. The molecule has 2 aliphatic carbocycles. The largest absolute Gasteiger partial charge is 0.507 e. The number of rotatable bonds is 5. The normalized spacial score (nSPS) is 21.1. The lowest BCUT2D eigenvalue weighted by molar-refractivity contribution is 0.174. The van der Waals surface area contributed by atoms with Gasteiger partial charge in [-0.3, -0.25) is 0 Å². The molecule has 1 aromatic rings. The second-order valence-corrected chi connectivity index (χ2v) is 5.92. The van der Waals surface area contributed by atoms with E-state index in [-0.39, 0.29) is 6.79 Å². The van der Waals surface area contributed by atoms with Gasteiger partial charge in [0.25, 0.3) is 0 Å². The smallest absolute Gasteiger partial charge is 0.231 e. The van der Waals surface area contributed by atoms with E-state index in [9.17, 15) is 5.11 Å². The van der Waals surface area contributed by atoms with Crippen molar-refractivity contribution >= 4 is 0 Å². The standard InChI is InChI=1S/C15H19NO3/c17-12-6-14-13(18-8-19-14)5-11(12)7-16-15(9-1-2-9)10-3-4-10/h5-6,9-10,15-17H,1-4,7-8H2. The van der Waals surface area contributed by atoms with Crippen molar-refractivity contribution in [3.8, 4) is 17.2 Å². The van der Waals surface area contributed by atoms with Crippen LogP contribution in [0.5, 0.6) is 17.2 Å². The zero-order valence-electron chi connectivity index (χ0n) is 10.9. The fourth-order valence-corrected chi connectivity index (χ4v) is 2.97. The van der Waals surface area contributed by atoms with Crippen molar-refractivity contribution in [2.45, 2.75) is 38.3 Å². The summed E-state index contributed by atoms with van der Waals surface area (Å²) >= 11 is 0. The third-order valence-electron chi connectivity index (χ3n) is 4.36. The fourth-order valence-electron chi connectivity index (χ4n) is 2.97. The Kier molecular flexibility index (Phi) is 2.58. The average molecular weight is 261 g/mol. The van der Waals surface area contributed by atoms with Gasteiger partial charge in [0.05, 0.1) is 0 Å². The van der Waals surface area contributed by atoms with Crippen LogP contribution in [0.25, 0.3) is 0 Å². The number of fused-ring (bicyclic) bond motifs is 1. The maximum atomic E-state index is 10.0. The van der Waals surface area contributed by atoms with Gasteiger partial charge in [0, 0.05) is 24.2 Å². The van der Waals surface area contributed by atoms with Crippen LogP contribution in [0.1, 0.15) is 31.2 Å². The molecule has 102 valence electrons. The zero-order valence-corrected chi connectivity index (χ0v) is 10.9. The number of hydrogen-bond donors (Lipinski definition) is 2. The number of phenols is 1. The van der Waals surface area contributed by atoms with Gasteiger partial charge in [-0.1, -0.05) is 0 Å². The molecule has 0 saturated heterocycles. The average Bonchev–Trinajstić information content (AvgIpc) is 3.30. The molecular weight excluding hydrogens is 242 g/mol. The van der Waals surface area contributed by atoms with Crippen LogP contribution < -0.4 is 14.8 Å². The van der Waals surface area contributed by atoms with Gasteiger partial charge in [-0.05, 0) is 43.6 Å². The quantitative estimate of drug-likeness (QED) is 0.854. The molecule has 0 aromatic heterocycles. The van der Waals surface area contributed by atoms with Crippen LogP contribution in [0.4, 0.5) is 0 Å². The fraction of sp³-hybridized carbons (Fsp3) is 0.600. The lowest BCUT2D eigenvalue weighted by Crippen LogP contribution is -2.32. The Morgan fingerprint density at radius 2 is 1.74 bits per heavy atom. The van der Waals surface area contributed by atoms with Crippen LogP contribution in [0, 0.1) is 11.8 Å². The maximum Gasteiger partial charge on any atom is 0.231 e. The highest BCUT2D eigenvalue weighted by Crippen LogP contribution is 2.45. The summed E-state index contributed by atoms with van der Waals surface area (Å²) in [5.74, 6) is 3.40. The lowest BCUT2D eigenvalue weighted by atomic mass is 10.1. The van der Waals surface area contributed by atoms with Gasteiger partial charge in [0.15, 0.2) is 11.5 Å². The first kappa shape index (κ1) is 11.4. The summed E-state index contributed by atoms with van der Waals surface area (Å²) in [6.07, 6.45) is 5.45. The van der Waals surface area contributed by atoms with Gasteiger partial charge in [-0.25, -0.2) is 0 Å². The van der Waals surface area contributed by atoms with Crippen LogP contribution in [-0.4, -0.2) is 17.9 Å². The minimum absolute atomic E-state index is 0.248. The Balaban J connectivity index is 1.47. The van der Waals surface area contributed by atoms with Gasteiger partial charge in [-0.15, -0.1) is 0 Å². The van der Waals surface area contributed by atoms with E-state index in [1.165, 1.54) is 25.7 Å².